The zero-order chi connectivity index (χ0) is 25.9. The van der Waals surface area contributed by atoms with Crippen molar-refractivity contribution in [2.45, 2.75) is 0 Å². The van der Waals surface area contributed by atoms with Crippen molar-refractivity contribution < 1.29 is 37.3 Å². The lowest BCUT2D eigenvalue weighted by Crippen LogP contribution is -1.94. The molecule has 0 radical (unpaired) electrons. The lowest BCUT2D eigenvalue weighted by atomic mass is 9.99. The molecule has 0 heterocycles. The molecule has 0 amide bonds. The van der Waals surface area contributed by atoms with Crippen LogP contribution in [0, 0.1) is 11.6 Å². The molecule has 8 heteroatoms. The molecule has 0 saturated carbocycles. The molecule has 0 spiro atoms. The van der Waals surface area contributed by atoms with Crippen molar-refractivity contribution in [1.82, 2.24) is 0 Å². The molecule has 182 valence electrons. The third-order valence-corrected chi connectivity index (χ3v) is 4.61. The minimum absolute atomic E-state index is 0.0993. The Bertz CT molecular complexity index is 1330. The monoisotopic (exact) mass is 490 g/mol. The first kappa shape index (κ1) is 25.6. The van der Waals surface area contributed by atoms with E-state index in [1.54, 1.807) is 42.5 Å². The predicted octanol–water partition coefficient (Wildman–Crippen LogP) is 6.46. The predicted molar refractivity (Wildman–Crippen MR) is 129 cm³/mol. The molecule has 36 heavy (non-hydrogen) atoms. The fourth-order valence-electron chi connectivity index (χ4n) is 2.91. The van der Waals surface area contributed by atoms with E-state index in [2.05, 4.69) is 22.6 Å². The summed E-state index contributed by atoms with van der Waals surface area (Å²) in [5.74, 6) is -2.12. The van der Waals surface area contributed by atoms with E-state index in [0.717, 1.165) is 30.9 Å². The molecule has 0 aliphatic heterocycles. The van der Waals surface area contributed by atoms with Gasteiger partial charge in [-0.25, -0.2) is 18.4 Å². The SMILES string of the molecule is C=CC(=O)OC=COc1ccc(-c2ccc(-c3ccc(OC=COC(=O)C=C)c(F)c3)cc2F)cc1. The van der Waals surface area contributed by atoms with Crippen molar-refractivity contribution in [3.05, 3.63) is 123 Å². The lowest BCUT2D eigenvalue weighted by molar-refractivity contribution is -0.133. The lowest BCUT2D eigenvalue weighted by Gasteiger charge is -2.09. The van der Waals surface area contributed by atoms with Gasteiger partial charge in [-0.2, -0.15) is 0 Å². The maximum absolute atomic E-state index is 14.9. The second-order valence-corrected chi connectivity index (χ2v) is 6.93. The Morgan fingerprint density at radius 2 is 1.17 bits per heavy atom. The van der Waals surface area contributed by atoms with E-state index in [1.165, 1.54) is 24.5 Å². The van der Waals surface area contributed by atoms with Crippen LogP contribution in [-0.2, 0) is 19.1 Å². The molecule has 0 bridgehead atoms. The number of hydrogen-bond donors (Lipinski definition) is 0. The molecule has 0 aliphatic carbocycles. The third-order valence-electron chi connectivity index (χ3n) is 4.61. The van der Waals surface area contributed by atoms with Crippen LogP contribution in [0.1, 0.15) is 0 Å². The summed E-state index contributed by atoms with van der Waals surface area (Å²) in [6.45, 7) is 6.52. The van der Waals surface area contributed by atoms with E-state index in [0.29, 0.717) is 28.0 Å². The maximum atomic E-state index is 14.9. The summed E-state index contributed by atoms with van der Waals surface area (Å²) in [7, 11) is 0. The first-order valence-corrected chi connectivity index (χ1v) is 10.4. The standard InChI is InChI=1S/C28H20F2O6/c1-3-27(31)35-15-13-33-22-9-5-19(6-10-22)23-11-7-20(17-24(23)29)21-8-12-26(25(30)18-21)34-14-16-36-28(32)4-2/h3-18H,1-2H2. The van der Waals surface area contributed by atoms with Gasteiger partial charge in [0.25, 0.3) is 0 Å². The number of carbonyl (C=O) groups is 2. The van der Waals surface area contributed by atoms with E-state index >= 15 is 0 Å². The molecule has 0 aliphatic rings. The van der Waals surface area contributed by atoms with Crippen molar-refractivity contribution in [2.75, 3.05) is 0 Å². The zero-order valence-corrected chi connectivity index (χ0v) is 18.9. The van der Waals surface area contributed by atoms with E-state index < -0.39 is 23.6 Å². The smallest absolute Gasteiger partial charge is 0.335 e. The highest BCUT2D eigenvalue weighted by Crippen LogP contribution is 2.31. The molecular weight excluding hydrogens is 470 g/mol. The molecule has 0 atom stereocenters. The first-order valence-electron chi connectivity index (χ1n) is 10.4. The summed E-state index contributed by atoms with van der Waals surface area (Å²) in [6.07, 6.45) is 6.23. The number of rotatable bonds is 10. The van der Waals surface area contributed by atoms with Gasteiger partial charge in [0.2, 0.25) is 0 Å². The van der Waals surface area contributed by atoms with E-state index in [4.69, 9.17) is 9.47 Å². The quantitative estimate of drug-likeness (QED) is 0.185. The fourth-order valence-corrected chi connectivity index (χ4v) is 2.91. The minimum Gasteiger partial charge on any atom is -0.462 e. The first-order chi connectivity index (χ1) is 17.4. The molecule has 0 N–H and O–H groups in total. The summed E-state index contributed by atoms with van der Waals surface area (Å²) in [5.41, 5.74) is 1.86. The largest absolute Gasteiger partial charge is 0.462 e. The van der Waals surface area contributed by atoms with Crippen LogP contribution >= 0.6 is 0 Å². The number of hydrogen-bond acceptors (Lipinski definition) is 6. The van der Waals surface area contributed by atoms with Gasteiger partial charge < -0.3 is 18.9 Å². The molecule has 3 rings (SSSR count). The topological polar surface area (TPSA) is 71.1 Å². The van der Waals surface area contributed by atoms with E-state index in [1.807, 2.05) is 0 Å². The Morgan fingerprint density at radius 1 is 0.639 bits per heavy atom. The number of benzene rings is 3. The van der Waals surface area contributed by atoms with E-state index in [9.17, 15) is 18.4 Å². The van der Waals surface area contributed by atoms with Gasteiger partial charge in [-0.1, -0.05) is 43.5 Å². The molecule has 0 unspecified atom stereocenters. The molecule has 6 nitrogen and oxygen atoms in total. The fraction of sp³-hybridized carbons (Fsp3) is 0. The minimum atomic E-state index is -0.680. The summed E-state index contributed by atoms with van der Waals surface area (Å²) in [4.78, 5) is 21.9. The van der Waals surface area contributed by atoms with Crippen LogP contribution in [-0.4, -0.2) is 11.9 Å². The van der Waals surface area contributed by atoms with Gasteiger partial charge in [0.1, 0.15) is 36.6 Å². The molecule has 0 aromatic heterocycles. The molecule has 3 aromatic rings. The van der Waals surface area contributed by atoms with Gasteiger partial charge >= 0.3 is 11.9 Å². The zero-order valence-electron chi connectivity index (χ0n) is 18.9. The van der Waals surface area contributed by atoms with Crippen molar-refractivity contribution in [1.29, 1.82) is 0 Å². The summed E-state index contributed by atoms with van der Waals surface area (Å²) < 4.78 is 48.9. The van der Waals surface area contributed by atoms with Gasteiger partial charge in [0, 0.05) is 17.7 Å². The second-order valence-electron chi connectivity index (χ2n) is 6.93. The Labute approximate surface area is 206 Å². The number of esters is 2. The van der Waals surface area contributed by atoms with E-state index in [-0.39, 0.29) is 5.75 Å². The average Bonchev–Trinajstić information content (AvgIpc) is 2.89. The van der Waals surface area contributed by atoms with Crippen LogP contribution in [0.3, 0.4) is 0 Å². The Morgan fingerprint density at radius 3 is 1.72 bits per heavy atom. The number of carbonyl (C=O) groups excluding carboxylic acids is 2. The van der Waals surface area contributed by atoms with Gasteiger partial charge in [-0.05, 0) is 47.0 Å². The highest BCUT2D eigenvalue weighted by atomic mass is 19.1. The van der Waals surface area contributed by atoms with Gasteiger partial charge in [0.15, 0.2) is 11.6 Å². The van der Waals surface area contributed by atoms with Crippen molar-refractivity contribution in [2.24, 2.45) is 0 Å². The van der Waals surface area contributed by atoms with Crippen LogP contribution in [0.5, 0.6) is 11.5 Å². The van der Waals surface area contributed by atoms with Crippen LogP contribution in [0.2, 0.25) is 0 Å². The maximum Gasteiger partial charge on any atom is 0.335 e. The highest BCUT2D eigenvalue weighted by molar-refractivity contribution is 5.82. The van der Waals surface area contributed by atoms with Gasteiger partial charge in [-0.15, -0.1) is 0 Å². The third kappa shape index (κ3) is 7.01. The van der Waals surface area contributed by atoms with Gasteiger partial charge in [0.05, 0.1) is 0 Å². The van der Waals surface area contributed by atoms with Crippen LogP contribution in [0.25, 0.3) is 22.3 Å². The van der Waals surface area contributed by atoms with Crippen LogP contribution in [0.4, 0.5) is 8.78 Å². The molecule has 0 fully saturated rings. The molecule has 0 saturated heterocycles. The number of ether oxygens (including phenoxy) is 4. The van der Waals surface area contributed by atoms with Crippen LogP contribution in [0.15, 0.2) is 111 Å². The second kappa shape index (κ2) is 12.5. The Balaban J connectivity index is 1.67. The van der Waals surface area contributed by atoms with Gasteiger partial charge in [-0.3, -0.25) is 0 Å². The van der Waals surface area contributed by atoms with Crippen molar-refractivity contribution in [3.63, 3.8) is 0 Å². The molecule has 3 aromatic carbocycles. The number of halogens is 2. The summed E-state index contributed by atoms with van der Waals surface area (Å²) in [6, 6.07) is 15.3. The Hall–Kier alpha value is -4.98. The molecular formula is C28H20F2O6. The summed E-state index contributed by atoms with van der Waals surface area (Å²) in [5, 5.41) is 0. The van der Waals surface area contributed by atoms with Crippen molar-refractivity contribution in [3.8, 4) is 33.8 Å². The summed E-state index contributed by atoms with van der Waals surface area (Å²) >= 11 is 0. The average molecular weight is 490 g/mol. The van der Waals surface area contributed by atoms with Crippen LogP contribution < -0.4 is 9.47 Å². The highest BCUT2D eigenvalue weighted by Gasteiger charge is 2.10. The Kier molecular flexibility index (Phi) is 8.88. The normalized spacial score (nSPS) is 10.7. The van der Waals surface area contributed by atoms with Crippen molar-refractivity contribution >= 4 is 11.9 Å².